The predicted molar refractivity (Wildman–Crippen MR) is 94.0 cm³/mol. The van der Waals surface area contributed by atoms with Crippen LogP contribution >= 0.6 is 7.60 Å². The number of hydrogen-bond donors (Lipinski definition) is 3. The van der Waals surface area contributed by atoms with Gasteiger partial charge < -0.3 is 29.7 Å². The van der Waals surface area contributed by atoms with Crippen LogP contribution in [-0.4, -0.2) is 50.1 Å². The zero-order valence-electron chi connectivity index (χ0n) is 15.2. The largest absolute Gasteiger partial charge is 0.503 e. The summed E-state index contributed by atoms with van der Waals surface area (Å²) < 4.78 is 30.1. The molecule has 1 aliphatic rings. The molecule has 4 N–H and O–H groups in total. The molecule has 1 saturated heterocycles. The molecule has 11 heteroatoms. The minimum absolute atomic E-state index is 0.0747. The molecule has 0 bridgehead atoms. The van der Waals surface area contributed by atoms with Crippen LogP contribution in [0.3, 0.4) is 0 Å². The fourth-order valence-electron chi connectivity index (χ4n) is 2.41. The minimum Gasteiger partial charge on any atom is -0.503 e. The summed E-state index contributed by atoms with van der Waals surface area (Å²) >= 11 is 0. The number of hydrogen-bond acceptors (Lipinski definition) is 8. The molecule has 10 nitrogen and oxygen atoms in total. The fourth-order valence-corrected chi connectivity index (χ4v) is 3.27. The van der Waals surface area contributed by atoms with Crippen molar-refractivity contribution in [1.82, 2.24) is 9.55 Å². The van der Waals surface area contributed by atoms with E-state index in [1.807, 2.05) is 13.8 Å². The van der Waals surface area contributed by atoms with Gasteiger partial charge in [-0.2, -0.15) is 4.98 Å². The third-order valence-electron chi connectivity index (χ3n) is 3.98. The third-order valence-corrected chi connectivity index (χ3v) is 5.86. The zero-order chi connectivity index (χ0) is 19.6. The Kier molecular flexibility index (Phi) is 6.46. The van der Waals surface area contributed by atoms with E-state index in [2.05, 4.69) is 4.98 Å². The number of nitrogens with zero attached hydrogens (tertiary/aromatic N) is 2. The van der Waals surface area contributed by atoms with E-state index in [1.165, 1.54) is 0 Å². The highest BCUT2D eigenvalue weighted by atomic mass is 31.2. The molecule has 0 amide bonds. The molecule has 4 atom stereocenters. The second kappa shape index (κ2) is 8.06. The standard InChI is InChI=1S/C15H26N3O7P/c1-8(2)23-7-12-11(25-26(21,22)9(3)4)5-13(24-12)18-6-10(19)14(16)17-15(18)20/h6,8-9,11-13,19H,5,7H2,1-4H3,(H,21,22)(H2,16,17,20)/t11-,12-,13-/m1/s1. The molecular formula is C15H26N3O7P. The first-order valence-corrected chi connectivity index (χ1v) is 10.0. The first kappa shape index (κ1) is 20.9. The molecular weight excluding hydrogens is 365 g/mol. The Morgan fingerprint density at radius 1 is 1.46 bits per heavy atom. The molecule has 2 heterocycles. The van der Waals surface area contributed by atoms with E-state index in [1.54, 1.807) is 13.8 Å². The van der Waals surface area contributed by atoms with Crippen molar-refractivity contribution in [1.29, 1.82) is 0 Å². The molecule has 2 rings (SSSR count). The Hall–Kier alpha value is -1.45. The molecule has 26 heavy (non-hydrogen) atoms. The normalized spacial score (nSPS) is 25.7. The van der Waals surface area contributed by atoms with E-state index in [4.69, 9.17) is 19.7 Å². The van der Waals surface area contributed by atoms with Crippen molar-refractivity contribution >= 4 is 13.4 Å². The van der Waals surface area contributed by atoms with Crippen LogP contribution in [0.5, 0.6) is 5.75 Å². The van der Waals surface area contributed by atoms with Gasteiger partial charge in [0.05, 0.1) is 30.7 Å². The monoisotopic (exact) mass is 391 g/mol. The van der Waals surface area contributed by atoms with Gasteiger partial charge in [0, 0.05) is 6.42 Å². The highest BCUT2D eigenvalue weighted by molar-refractivity contribution is 7.53. The molecule has 1 aromatic heterocycles. The van der Waals surface area contributed by atoms with Gasteiger partial charge in [0.2, 0.25) is 0 Å². The number of rotatable bonds is 7. The zero-order valence-corrected chi connectivity index (χ0v) is 16.1. The van der Waals surface area contributed by atoms with Gasteiger partial charge in [0.15, 0.2) is 11.6 Å². The number of nitrogens with two attached hydrogens (primary N) is 1. The predicted octanol–water partition coefficient (Wildman–Crippen LogP) is 1.22. The van der Waals surface area contributed by atoms with E-state index in [9.17, 15) is 19.4 Å². The van der Waals surface area contributed by atoms with Crippen molar-refractivity contribution in [3.05, 3.63) is 16.7 Å². The van der Waals surface area contributed by atoms with Crippen molar-refractivity contribution in [3.8, 4) is 5.75 Å². The van der Waals surface area contributed by atoms with Crippen LogP contribution in [0.25, 0.3) is 0 Å². The maximum atomic E-state index is 12.3. The molecule has 1 aromatic rings. The Morgan fingerprint density at radius 2 is 2.12 bits per heavy atom. The number of anilines is 1. The second-order valence-electron chi connectivity index (χ2n) is 6.75. The van der Waals surface area contributed by atoms with Gasteiger partial charge in [0.1, 0.15) is 12.3 Å². The lowest BCUT2D eigenvalue weighted by atomic mass is 10.2. The molecule has 1 fully saturated rings. The quantitative estimate of drug-likeness (QED) is 0.584. The van der Waals surface area contributed by atoms with Crippen LogP contribution in [0.4, 0.5) is 5.82 Å². The summed E-state index contributed by atoms with van der Waals surface area (Å²) in [6.45, 7) is 6.99. The molecule has 0 spiro atoms. The van der Waals surface area contributed by atoms with Gasteiger partial charge in [-0.1, -0.05) is 13.8 Å². The summed E-state index contributed by atoms with van der Waals surface area (Å²) in [5, 5.41) is 9.71. The Bertz CT molecular complexity index is 736. The topological polar surface area (TPSA) is 146 Å². The number of nitrogen functional groups attached to an aromatic ring is 1. The van der Waals surface area contributed by atoms with Crippen LogP contribution in [0, 0.1) is 0 Å². The third kappa shape index (κ3) is 4.83. The van der Waals surface area contributed by atoms with Gasteiger partial charge in [-0.25, -0.2) is 4.79 Å². The summed E-state index contributed by atoms with van der Waals surface area (Å²) in [6, 6.07) is 0. The van der Waals surface area contributed by atoms with Crippen LogP contribution in [0.2, 0.25) is 0 Å². The van der Waals surface area contributed by atoms with Gasteiger partial charge >= 0.3 is 13.3 Å². The molecule has 1 unspecified atom stereocenters. The number of ether oxygens (including phenoxy) is 2. The molecule has 1 aliphatic heterocycles. The van der Waals surface area contributed by atoms with Crippen molar-refractivity contribution < 1.29 is 28.6 Å². The SMILES string of the molecule is CC(C)OC[C@H]1O[C@@H](n2cc(O)c(N)nc2=O)C[C@H]1OP(=O)(O)C(C)C. The smallest absolute Gasteiger partial charge is 0.351 e. The van der Waals surface area contributed by atoms with Crippen molar-refractivity contribution in [2.45, 2.75) is 64.3 Å². The molecule has 0 aliphatic carbocycles. The maximum Gasteiger partial charge on any atom is 0.351 e. The Morgan fingerprint density at radius 3 is 2.69 bits per heavy atom. The van der Waals surface area contributed by atoms with E-state index in [0.717, 1.165) is 10.8 Å². The van der Waals surface area contributed by atoms with Gasteiger partial charge in [0.25, 0.3) is 0 Å². The fraction of sp³-hybridized carbons (Fsp3) is 0.733. The second-order valence-corrected chi connectivity index (χ2v) is 9.12. The average Bonchev–Trinajstić information content (AvgIpc) is 2.90. The first-order valence-electron chi connectivity index (χ1n) is 8.36. The van der Waals surface area contributed by atoms with Crippen molar-refractivity contribution in [3.63, 3.8) is 0 Å². The van der Waals surface area contributed by atoms with Crippen LogP contribution in [-0.2, 0) is 18.6 Å². The van der Waals surface area contributed by atoms with Crippen LogP contribution in [0.1, 0.15) is 40.3 Å². The Labute approximate surface area is 151 Å². The lowest BCUT2D eigenvalue weighted by Crippen LogP contribution is -2.30. The molecule has 0 aromatic carbocycles. The first-order chi connectivity index (χ1) is 12.0. The lowest BCUT2D eigenvalue weighted by molar-refractivity contribution is -0.0724. The highest BCUT2D eigenvalue weighted by Crippen LogP contribution is 2.51. The van der Waals surface area contributed by atoms with Crippen LogP contribution < -0.4 is 11.4 Å². The average molecular weight is 391 g/mol. The van der Waals surface area contributed by atoms with E-state index >= 15 is 0 Å². The van der Waals surface area contributed by atoms with Crippen molar-refractivity contribution in [2.75, 3.05) is 12.3 Å². The summed E-state index contributed by atoms with van der Waals surface area (Å²) in [5.74, 6) is -0.640. The van der Waals surface area contributed by atoms with Crippen molar-refractivity contribution in [2.24, 2.45) is 0 Å². The summed E-state index contributed by atoms with van der Waals surface area (Å²) in [7, 11) is -3.85. The van der Waals surface area contributed by atoms with Gasteiger partial charge in [-0.3, -0.25) is 9.13 Å². The van der Waals surface area contributed by atoms with Gasteiger partial charge in [-0.15, -0.1) is 0 Å². The van der Waals surface area contributed by atoms with Gasteiger partial charge in [-0.05, 0) is 13.8 Å². The molecule has 148 valence electrons. The highest BCUT2D eigenvalue weighted by Gasteiger charge is 2.42. The number of aromatic hydroxyl groups is 1. The minimum atomic E-state index is -3.85. The molecule has 0 saturated carbocycles. The molecule has 0 radical (unpaired) electrons. The van der Waals surface area contributed by atoms with E-state index in [0.29, 0.717) is 0 Å². The Balaban J connectivity index is 2.25. The summed E-state index contributed by atoms with van der Waals surface area (Å²) in [4.78, 5) is 25.6. The number of aromatic nitrogens is 2. The summed E-state index contributed by atoms with van der Waals surface area (Å²) in [6.07, 6.45) is -1.08. The maximum absolute atomic E-state index is 12.3. The lowest BCUT2D eigenvalue weighted by Gasteiger charge is -2.24. The van der Waals surface area contributed by atoms with Crippen LogP contribution in [0.15, 0.2) is 11.0 Å². The van der Waals surface area contributed by atoms with E-state index < -0.39 is 37.4 Å². The summed E-state index contributed by atoms with van der Waals surface area (Å²) in [5.41, 5.74) is 4.12. The van der Waals surface area contributed by atoms with E-state index in [-0.39, 0.29) is 30.7 Å².